The van der Waals surface area contributed by atoms with E-state index in [1.54, 1.807) is 0 Å². The quantitative estimate of drug-likeness (QED) is 0.107. The number of nitrogens with zero attached hydrogens (tertiary/aromatic N) is 1. The van der Waals surface area contributed by atoms with E-state index in [1.807, 2.05) is 27.7 Å². The molecule has 0 aromatic carbocycles. The minimum Gasteiger partial charge on any atom is -0.481 e. The number of carboxylic acids is 2. The van der Waals surface area contributed by atoms with Crippen LogP contribution in [0.25, 0.3) is 0 Å². The van der Waals surface area contributed by atoms with Crippen molar-refractivity contribution in [1.82, 2.24) is 15.3 Å². The normalized spacial score (nSPS) is 24.8. The van der Waals surface area contributed by atoms with Gasteiger partial charge in [0.1, 0.15) is 6.23 Å². The van der Waals surface area contributed by atoms with E-state index in [0.717, 1.165) is 61.9 Å². The highest BCUT2D eigenvalue weighted by Gasteiger charge is 2.53. The second-order valence-corrected chi connectivity index (χ2v) is 14.0. The number of hydrogen-bond acceptors (Lipinski definition) is 5. The lowest BCUT2D eigenvalue weighted by atomic mass is 9.86. The van der Waals surface area contributed by atoms with Gasteiger partial charge >= 0.3 is 11.9 Å². The van der Waals surface area contributed by atoms with Gasteiger partial charge in [-0.1, -0.05) is 13.8 Å². The van der Waals surface area contributed by atoms with E-state index in [0.29, 0.717) is 49.7 Å². The van der Waals surface area contributed by atoms with E-state index in [2.05, 4.69) is 27.2 Å². The number of aliphatic hydroxyl groups is 1. The molecule has 0 aliphatic carbocycles. The number of carboxylic acid groups (broad SMARTS) is 2. The average molecular weight is 626 g/mol. The third kappa shape index (κ3) is 6.60. The molecule has 0 spiro atoms. The van der Waals surface area contributed by atoms with Crippen LogP contribution in [-0.2, 0) is 58.2 Å². The molecule has 3 aliphatic heterocycles. The molecule has 0 saturated carbocycles. The monoisotopic (exact) mass is 625 g/mol. The van der Waals surface area contributed by atoms with Crippen molar-refractivity contribution in [3.05, 3.63) is 56.2 Å². The number of nitrogens with one attached hydrogen (secondary N) is 3. The number of amides is 1. The summed E-state index contributed by atoms with van der Waals surface area (Å²) >= 11 is 1.44. The second-order valence-electron chi connectivity index (χ2n) is 12.6. The molecule has 44 heavy (non-hydrogen) atoms. The molecule has 5 heterocycles. The SMILES string of the molecule is CCC1=C(C)C(Cc2[nH]c(Cc3[nH]c(C[C@H]4N[C@@H](O)[C@H](C)[C@H]4[C@H]4C[SH+]4)c(C)c3CCC(=O)O)c(CCC(=O)O)c2C)=NC1=O. The lowest BCUT2D eigenvalue weighted by Crippen LogP contribution is -2.35. The number of carbonyl (C=O) groups excluding carboxylic acids is 1. The molecule has 3 aliphatic rings. The maximum absolute atomic E-state index is 12.4. The van der Waals surface area contributed by atoms with E-state index in [-0.39, 0.29) is 30.7 Å². The molecular formula is C33H45N4O6S+. The number of aromatic amines is 2. The number of hydrogen-bond donors (Lipinski definition) is 6. The molecule has 0 radical (unpaired) electrons. The Balaban J connectivity index is 1.48. The van der Waals surface area contributed by atoms with Gasteiger partial charge in [-0.3, -0.25) is 19.7 Å². The van der Waals surface area contributed by atoms with Crippen LogP contribution in [0, 0.1) is 25.7 Å². The fraction of sp³-hybridized carbons (Fsp3) is 0.576. The van der Waals surface area contributed by atoms with Gasteiger partial charge in [0.25, 0.3) is 5.91 Å². The number of aliphatic imine (C=N–C) groups is 1. The maximum atomic E-state index is 12.4. The van der Waals surface area contributed by atoms with E-state index in [1.165, 1.54) is 17.5 Å². The van der Waals surface area contributed by atoms with E-state index >= 15 is 0 Å². The highest BCUT2D eigenvalue weighted by atomic mass is 32.2. The van der Waals surface area contributed by atoms with Crippen LogP contribution < -0.4 is 5.32 Å². The molecule has 10 nitrogen and oxygen atoms in total. The summed E-state index contributed by atoms with van der Waals surface area (Å²) in [7, 11) is 0. The Morgan fingerprint density at radius 1 is 0.932 bits per heavy atom. The Bertz CT molecular complexity index is 1530. The summed E-state index contributed by atoms with van der Waals surface area (Å²) in [5.41, 5.74) is 10.1. The number of carbonyl (C=O) groups is 3. The van der Waals surface area contributed by atoms with E-state index in [4.69, 9.17) is 0 Å². The smallest absolute Gasteiger partial charge is 0.303 e. The van der Waals surface area contributed by atoms with Gasteiger partial charge in [0.05, 0.1) is 5.71 Å². The van der Waals surface area contributed by atoms with Crippen molar-refractivity contribution in [3.8, 4) is 0 Å². The fourth-order valence-corrected chi connectivity index (χ4v) is 8.37. The molecular weight excluding hydrogens is 580 g/mol. The third-order valence-electron chi connectivity index (χ3n) is 9.97. The molecule has 5 rings (SSSR count). The molecule has 2 aromatic heterocycles. The summed E-state index contributed by atoms with van der Waals surface area (Å²) in [6.07, 6.45) is 2.45. The van der Waals surface area contributed by atoms with Gasteiger partial charge in [0.15, 0.2) is 11.0 Å². The molecule has 238 valence electrons. The first-order valence-corrected chi connectivity index (χ1v) is 16.8. The number of aliphatic hydroxyl groups excluding tert-OH is 1. The van der Waals surface area contributed by atoms with Crippen LogP contribution in [-0.4, -0.2) is 72.1 Å². The topological polar surface area (TPSA) is 168 Å². The van der Waals surface area contributed by atoms with E-state index in [9.17, 15) is 29.7 Å². The zero-order valence-electron chi connectivity index (χ0n) is 26.2. The molecule has 2 aromatic rings. The molecule has 2 fully saturated rings. The molecule has 2 saturated heterocycles. The first-order chi connectivity index (χ1) is 20.9. The van der Waals surface area contributed by atoms with Crippen molar-refractivity contribution in [1.29, 1.82) is 0 Å². The number of allylic oxidation sites excluding steroid dienone is 1. The Kier molecular flexibility index (Phi) is 9.58. The maximum Gasteiger partial charge on any atom is 0.303 e. The van der Waals surface area contributed by atoms with Crippen molar-refractivity contribution in [2.24, 2.45) is 16.8 Å². The number of rotatable bonds is 14. The summed E-state index contributed by atoms with van der Waals surface area (Å²) in [5, 5.41) is 33.6. The van der Waals surface area contributed by atoms with Gasteiger partial charge in [-0.25, -0.2) is 4.99 Å². The largest absolute Gasteiger partial charge is 0.481 e. The van der Waals surface area contributed by atoms with Crippen molar-refractivity contribution >= 4 is 35.3 Å². The minimum atomic E-state index is -0.875. The minimum absolute atomic E-state index is 0.00619. The van der Waals surface area contributed by atoms with Crippen LogP contribution in [0.4, 0.5) is 0 Å². The summed E-state index contributed by atoms with van der Waals surface area (Å²) in [6.45, 7) is 10.0. The van der Waals surface area contributed by atoms with Crippen LogP contribution in [0.3, 0.4) is 0 Å². The number of aromatic nitrogens is 2. The lowest BCUT2D eigenvalue weighted by molar-refractivity contribution is -0.138. The van der Waals surface area contributed by atoms with Crippen molar-refractivity contribution < 1.29 is 29.7 Å². The first-order valence-electron chi connectivity index (χ1n) is 15.6. The number of thiol groups is 1. The van der Waals surface area contributed by atoms with Gasteiger partial charge in [-0.05, 0) is 79.6 Å². The van der Waals surface area contributed by atoms with Gasteiger partial charge in [-0.2, -0.15) is 0 Å². The Labute approximate surface area is 262 Å². The fourth-order valence-electron chi connectivity index (χ4n) is 7.28. The molecule has 0 unspecified atom stereocenters. The van der Waals surface area contributed by atoms with Crippen molar-refractivity contribution in [3.63, 3.8) is 0 Å². The van der Waals surface area contributed by atoms with Gasteiger partial charge < -0.3 is 25.3 Å². The lowest BCUT2D eigenvalue weighted by Gasteiger charge is -2.18. The first kappa shape index (κ1) is 32.2. The zero-order valence-corrected chi connectivity index (χ0v) is 27.1. The van der Waals surface area contributed by atoms with Gasteiger partial charge in [0.2, 0.25) is 0 Å². The van der Waals surface area contributed by atoms with Crippen molar-refractivity contribution in [2.75, 3.05) is 5.75 Å². The van der Waals surface area contributed by atoms with Crippen LogP contribution in [0.1, 0.15) is 85.1 Å². The summed E-state index contributed by atoms with van der Waals surface area (Å²) in [6, 6.07) is 0.127. The Morgan fingerprint density at radius 2 is 1.50 bits per heavy atom. The Hall–Kier alpha value is -3.15. The van der Waals surface area contributed by atoms with Gasteiger partial charge in [-0.15, -0.1) is 0 Å². The van der Waals surface area contributed by atoms with Crippen molar-refractivity contribution in [2.45, 2.75) is 104 Å². The predicted molar refractivity (Wildman–Crippen MR) is 172 cm³/mol. The summed E-state index contributed by atoms with van der Waals surface area (Å²) in [5.74, 6) is -0.197. The Morgan fingerprint density at radius 3 is 2.02 bits per heavy atom. The molecule has 0 bridgehead atoms. The highest BCUT2D eigenvalue weighted by Crippen LogP contribution is 2.38. The number of H-pyrrole nitrogens is 2. The van der Waals surface area contributed by atoms with Gasteiger partial charge in [0, 0.05) is 78.3 Å². The average Bonchev–Trinajstić information content (AvgIpc) is 3.53. The number of aliphatic carboxylic acids is 2. The molecule has 6 N–H and O–H groups in total. The standard InChI is InChI=1S/C33H44N4O6S/c1-6-19-15(2)24(36-33(19)43)11-22-16(3)20(7-9-29(38)39)25(34-22)13-26-21(8-10-30(40)41)17(4)23(35-26)12-27-31(28-14-44-28)18(5)32(42)37-27/h18,27-28,31-32,34-35,37,42H,6-14H2,1-5H3,(H,38,39)(H,40,41)/p+1/t18-,27-,28-,31-,32+/m1/s1. The third-order valence-corrected chi connectivity index (χ3v) is 11.1. The van der Waals surface area contributed by atoms with Crippen LogP contribution in [0.5, 0.6) is 0 Å². The van der Waals surface area contributed by atoms with E-state index < -0.39 is 18.2 Å². The van der Waals surface area contributed by atoms with Crippen LogP contribution >= 0.6 is 0 Å². The van der Waals surface area contributed by atoms with Crippen LogP contribution in [0.15, 0.2) is 16.1 Å². The predicted octanol–water partition coefficient (Wildman–Crippen LogP) is 3.12. The second kappa shape index (κ2) is 13.1. The van der Waals surface area contributed by atoms with Crippen LogP contribution in [0.2, 0.25) is 0 Å². The zero-order chi connectivity index (χ0) is 31.9. The molecule has 5 atom stereocenters. The summed E-state index contributed by atoms with van der Waals surface area (Å²) in [4.78, 5) is 47.1. The summed E-state index contributed by atoms with van der Waals surface area (Å²) < 4.78 is 0. The molecule has 1 amide bonds. The molecule has 11 heteroatoms. The highest BCUT2D eigenvalue weighted by molar-refractivity contribution is 7.86.